The molecule has 0 aromatic rings. The molecule has 0 heterocycles. The first-order chi connectivity index (χ1) is 4.20. The smallest absolute Gasteiger partial charge is 0.0736 e. The molecule has 0 aliphatic carbocycles. The third-order valence-corrected chi connectivity index (χ3v) is 2.32. The van der Waals surface area contributed by atoms with Crippen LogP contribution in [0.1, 0.15) is 20.3 Å². The van der Waals surface area contributed by atoms with Crippen LogP contribution in [0, 0.1) is 0 Å². The Morgan fingerprint density at radius 1 is 1.78 bits per heavy atom. The number of rotatable bonds is 3. The maximum absolute atomic E-state index is 5.70. The molecule has 52 valence electrons. The number of allylic oxidation sites excluding steroid dienone is 2. The van der Waals surface area contributed by atoms with Crippen LogP contribution in [-0.4, -0.2) is 0 Å². The monoisotopic (exact) mass is 162 g/mol. The average Bonchev–Trinajstić information content (AvgIpc) is 1.87. The largest absolute Gasteiger partial charge is 0.0891 e. The van der Waals surface area contributed by atoms with Gasteiger partial charge in [-0.05, 0) is 18.2 Å². The van der Waals surface area contributed by atoms with Crippen LogP contribution < -0.4 is 0 Å². The fraction of sp³-hybridized carbons (Fsp3) is 0.429. The van der Waals surface area contributed by atoms with E-state index in [1.54, 1.807) is 0 Å². The Morgan fingerprint density at radius 2 is 2.33 bits per heavy atom. The SMILES string of the molecule is C=C(CC)SC(Cl)=CC. The van der Waals surface area contributed by atoms with Gasteiger partial charge in [-0.25, -0.2) is 0 Å². The molecular formula is C7H11ClS. The molecule has 0 saturated heterocycles. The van der Waals surface area contributed by atoms with E-state index < -0.39 is 0 Å². The highest BCUT2D eigenvalue weighted by Gasteiger charge is 1.92. The minimum absolute atomic E-state index is 0.807. The van der Waals surface area contributed by atoms with E-state index in [0.29, 0.717) is 0 Å². The summed E-state index contributed by atoms with van der Waals surface area (Å²) in [7, 11) is 0. The van der Waals surface area contributed by atoms with Gasteiger partial charge in [0.05, 0.1) is 4.36 Å². The highest BCUT2D eigenvalue weighted by atomic mass is 35.5. The van der Waals surface area contributed by atoms with Gasteiger partial charge in [-0.2, -0.15) is 0 Å². The van der Waals surface area contributed by atoms with E-state index in [2.05, 4.69) is 13.5 Å². The maximum Gasteiger partial charge on any atom is 0.0736 e. The summed E-state index contributed by atoms with van der Waals surface area (Å²) in [6.07, 6.45) is 2.85. The van der Waals surface area contributed by atoms with E-state index >= 15 is 0 Å². The van der Waals surface area contributed by atoms with E-state index in [0.717, 1.165) is 15.7 Å². The molecule has 0 nitrogen and oxygen atoms in total. The van der Waals surface area contributed by atoms with Crippen molar-refractivity contribution in [2.45, 2.75) is 20.3 Å². The van der Waals surface area contributed by atoms with Gasteiger partial charge in [0.15, 0.2) is 0 Å². The van der Waals surface area contributed by atoms with Crippen molar-refractivity contribution in [3.8, 4) is 0 Å². The quantitative estimate of drug-likeness (QED) is 0.609. The lowest BCUT2D eigenvalue weighted by atomic mass is 10.5. The molecule has 0 aromatic heterocycles. The van der Waals surface area contributed by atoms with E-state index in [1.807, 2.05) is 13.0 Å². The van der Waals surface area contributed by atoms with Gasteiger partial charge in [0.1, 0.15) is 0 Å². The molecular weight excluding hydrogens is 152 g/mol. The van der Waals surface area contributed by atoms with E-state index in [1.165, 1.54) is 11.8 Å². The van der Waals surface area contributed by atoms with Gasteiger partial charge < -0.3 is 0 Å². The van der Waals surface area contributed by atoms with Crippen LogP contribution in [0.3, 0.4) is 0 Å². The van der Waals surface area contributed by atoms with Gasteiger partial charge in [-0.15, -0.1) is 0 Å². The first kappa shape index (κ1) is 9.12. The second-order valence-corrected chi connectivity index (χ2v) is 3.44. The number of thioether (sulfide) groups is 1. The minimum atomic E-state index is 0.807. The summed E-state index contributed by atoms with van der Waals surface area (Å²) >= 11 is 7.23. The second-order valence-electron chi connectivity index (χ2n) is 1.59. The van der Waals surface area contributed by atoms with Crippen LogP contribution in [0.5, 0.6) is 0 Å². The van der Waals surface area contributed by atoms with Gasteiger partial charge in [-0.3, -0.25) is 0 Å². The topological polar surface area (TPSA) is 0 Å². The first-order valence-electron chi connectivity index (χ1n) is 2.88. The molecule has 0 amide bonds. The molecule has 0 aliphatic heterocycles. The van der Waals surface area contributed by atoms with Gasteiger partial charge in [0.2, 0.25) is 0 Å². The molecule has 0 aliphatic rings. The van der Waals surface area contributed by atoms with Crippen LogP contribution in [-0.2, 0) is 0 Å². The minimum Gasteiger partial charge on any atom is -0.0891 e. The van der Waals surface area contributed by atoms with E-state index in [9.17, 15) is 0 Å². The van der Waals surface area contributed by atoms with Crippen molar-refractivity contribution in [2.24, 2.45) is 0 Å². The summed E-state index contributed by atoms with van der Waals surface area (Å²) in [5.41, 5.74) is 0. The maximum atomic E-state index is 5.70. The Kier molecular flexibility index (Phi) is 5.02. The predicted octanol–water partition coefficient (Wildman–Crippen LogP) is 3.74. The highest BCUT2D eigenvalue weighted by Crippen LogP contribution is 2.28. The van der Waals surface area contributed by atoms with Crippen LogP contribution in [0.4, 0.5) is 0 Å². The highest BCUT2D eigenvalue weighted by molar-refractivity contribution is 8.08. The lowest BCUT2D eigenvalue weighted by Crippen LogP contribution is -1.67. The van der Waals surface area contributed by atoms with Crippen molar-refractivity contribution in [3.63, 3.8) is 0 Å². The third-order valence-electron chi connectivity index (χ3n) is 0.863. The summed E-state index contributed by atoms with van der Waals surface area (Å²) in [4.78, 5) is 1.11. The van der Waals surface area contributed by atoms with Gasteiger partial charge in [0, 0.05) is 0 Å². The molecule has 0 rings (SSSR count). The van der Waals surface area contributed by atoms with Crippen LogP contribution in [0.15, 0.2) is 21.9 Å². The Labute approximate surface area is 66.0 Å². The van der Waals surface area contributed by atoms with Gasteiger partial charge in [0.25, 0.3) is 0 Å². The molecule has 0 N–H and O–H groups in total. The summed E-state index contributed by atoms with van der Waals surface area (Å²) in [5, 5.41) is 0. The molecule has 0 radical (unpaired) electrons. The number of hydrogen-bond acceptors (Lipinski definition) is 1. The normalized spacial score (nSPS) is 11.7. The standard InChI is InChI=1S/C7H11ClS/c1-4-6(3)9-7(8)5-2/h5H,3-4H2,1-2H3. The molecule has 0 saturated carbocycles. The molecule has 0 spiro atoms. The van der Waals surface area contributed by atoms with Crippen molar-refractivity contribution in [2.75, 3.05) is 0 Å². The molecule has 9 heavy (non-hydrogen) atoms. The summed E-state index contributed by atoms with van der Waals surface area (Å²) in [6.45, 7) is 7.78. The fourth-order valence-electron chi connectivity index (χ4n) is 0.269. The number of hydrogen-bond donors (Lipinski definition) is 0. The molecule has 0 bridgehead atoms. The van der Waals surface area contributed by atoms with Crippen LogP contribution in [0.25, 0.3) is 0 Å². The summed E-state index contributed by atoms with van der Waals surface area (Å²) < 4.78 is 0.807. The lowest BCUT2D eigenvalue weighted by molar-refractivity contribution is 1.21. The van der Waals surface area contributed by atoms with Crippen LogP contribution in [0.2, 0.25) is 0 Å². The first-order valence-corrected chi connectivity index (χ1v) is 4.07. The lowest BCUT2D eigenvalue weighted by Gasteiger charge is -1.97. The Bertz CT molecular complexity index is 127. The summed E-state index contributed by atoms with van der Waals surface area (Å²) in [6, 6.07) is 0. The molecule has 0 atom stereocenters. The average molecular weight is 163 g/mol. The van der Waals surface area contributed by atoms with Crippen molar-refractivity contribution < 1.29 is 0 Å². The Morgan fingerprint density at radius 3 is 2.67 bits per heavy atom. The zero-order valence-electron chi connectivity index (χ0n) is 5.78. The molecule has 0 aromatic carbocycles. The fourth-order valence-corrected chi connectivity index (χ4v) is 1.13. The van der Waals surface area contributed by atoms with Crippen molar-refractivity contribution in [1.82, 2.24) is 0 Å². The Balaban J connectivity index is 3.60. The molecule has 0 fully saturated rings. The molecule has 2 heteroatoms. The van der Waals surface area contributed by atoms with Crippen molar-refractivity contribution in [1.29, 1.82) is 0 Å². The zero-order chi connectivity index (χ0) is 7.28. The Hall–Kier alpha value is 0.120. The summed E-state index contributed by atoms with van der Waals surface area (Å²) in [5.74, 6) is 0. The van der Waals surface area contributed by atoms with Crippen molar-refractivity contribution >= 4 is 23.4 Å². The molecule has 0 unspecified atom stereocenters. The zero-order valence-corrected chi connectivity index (χ0v) is 7.35. The van der Waals surface area contributed by atoms with E-state index in [4.69, 9.17) is 11.6 Å². The van der Waals surface area contributed by atoms with Crippen molar-refractivity contribution in [3.05, 3.63) is 21.9 Å². The number of halogens is 1. The predicted molar refractivity (Wildman–Crippen MR) is 46.6 cm³/mol. The van der Waals surface area contributed by atoms with Crippen LogP contribution >= 0.6 is 23.4 Å². The van der Waals surface area contributed by atoms with Gasteiger partial charge >= 0.3 is 0 Å². The second kappa shape index (κ2) is 4.95. The third kappa shape index (κ3) is 4.61. The van der Waals surface area contributed by atoms with Gasteiger partial charge in [-0.1, -0.05) is 42.9 Å². The van der Waals surface area contributed by atoms with E-state index in [-0.39, 0.29) is 0 Å².